The third-order valence-electron chi connectivity index (χ3n) is 5.72. The summed E-state index contributed by atoms with van der Waals surface area (Å²) < 4.78 is 0. The highest BCUT2D eigenvalue weighted by molar-refractivity contribution is 6.06. The smallest absolute Gasteiger partial charge is 0.224 e. The van der Waals surface area contributed by atoms with Crippen molar-refractivity contribution in [3.63, 3.8) is 0 Å². The molecule has 1 saturated heterocycles. The summed E-state index contributed by atoms with van der Waals surface area (Å²) in [6.45, 7) is 4.07. The third kappa shape index (κ3) is 4.38. The van der Waals surface area contributed by atoms with Gasteiger partial charge in [-0.25, -0.2) is 0 Å². The van der Waals surface area contributed by atoms with E-state index in [0.717, 1.165) is 42.6 Å². The van der Waals surface area contributed by atoms with Crippen molar-refractivity contribution in [3.8, 4) is 12.3 Å². The van der Waals surface area contributed by atoms with Gasteiger partial charge in [-0.1, -0.05) is 0 Å². The lowest BCUT2D eigenvalue weighted by Crippen LogP contribution is -2.44. The normalized spacial score (nSPS) is 17.9. The summed E-state index contributed by atoms with van der Waals surface area (Å²) in [5.41, 5.74) is 1.55. The quantitative estimate of drug-likeness (QED) is 0.737. The second-order valence-corrected chi connectivity index (χ2v) is 7.78. The average Bonchev–Trinajstić information content (AvgIpc) is 3.52. The van der Waals surface area contributed by atoms with Crippen molar-refractivity contribution in [2.75, 3.05) is 43.4 Å². The van der Waals surface area contributed by atoms with Crippen LogP contribution in [0, 0.1) is 12.3 Å². The van der Waals surface area contributed by atoms with Crippen LogP contribution in [-0.4, -0.2) is 54.7 Å². The minimum absolute atomic E-state index is 0.0418. The number of terminal acetylenes is 1. The fourth-order valence-electron chi connectivity index (χ4n) is 3.80. The first-order chi connectivity index (χ1) is 14.1. The topological polar surface area (TPSA) is 73.2 Å². The molecule has 0 unspecified atom stereocenters. The predicted octanol–water partition coefficient (Wildman–Crippen LogP) is 3.28. The van der Waals surface area contributed by atoms with Crippen LogP contribution in [0.15, 0.2) is 40.8 Å². The molecule has 4 rings (SSSR count). The van der Waals surface area contributed by atoms with Crippen LogP contribution in [0.25, 0.3) is 10.8 Å². The van der Waals surface area contributed by atoms with E-state index >= 15 is 0 Å². The Balaban J connectivity index is 1.46. The number of fused-ring (bicyclic) bond motifs is 1. The van der Waals surface area contributed by atoms with Gasteiger partial charge in [0.25, 0.3) is 0 Å². The molecule has 1 aromatic carbocycles. The van der Waals surface area contributed by atoms with Crippen molar-refractivity contribution in [1.29, 1.82) is 0 Å². The Morgan fingerprint density at radius 2 is 1.97 bits per heavy atom. The number of rotatable bonds is 7. The number of likely N-dealkylation sites (N-methyl/N-ethyl adjacent to an activating group) is 1. The Labute approximate surface area is 171 Å². The van der Waals surface area contributed by atoms with Gasteiger partial charge in [0.2, 0.25) is 5.91 Å². The Bertz CT molecular complexity index is 965. The number of piperazine rings is 1. The van der Waals surface area contributed by atoms with Crippen molar-refractivity contribution in [1.82, 2.24) is 9.88 Å². The SMILES string of the molecule is C#CCCC1(CCC(=O)Nc2ccc(N3CCN(C)CC3)c3ccncc23)N=N1. The van der Waals surface area contributed by atoms with Crippen molar-refractivity contribution in [2.24, 2.45) is 10.2 Å². The van der Waals surface area contributed by atoms with Gasteiger partial charge in [-0.15, -0.1) is 12.3 Å². The Hall–Kier alpha value is -2.98. The lowest BCUT2D eigenvalue weighted by Gasteiger charge is -2.34. The van der Waals surface area contributed by atoms with E-state index in [4.69, 9.17) is 6.42 Å². The van der Waals surface area contributed by atoms with Gasteiger partial charge in [0.15, 0.2) is 5.66 Å². The zero-order chi connectivity index (χ0) is 20.3. The van der Waals surface area contributed by atoms with Gasteiger partial charge in [0.1, 0.15) is 0 Å². The summed E-state index contributed by atoms with van der Waals surface area (Å²) in [7, 11) is 2.15. The number of hydrogen-bond acceptors (Lipinski definition) is 6. The van der Waals surface area contributed by atoms with E-state index in [2.05, 4.69) is 49.4 Å². The first-order valence-corrected chi connectivity index (χ1v) is 10.1. The molecule has 1 fully saturated rings. The van der Waals surface area contributed by atoms with E-state index in [9.17, 15) is 4.79 Å². The van der Waals surface area contributed by atoms with Crippen LogP contribution < -0.4 is 10.2 Å². The van der Waals surface area contributed by atoms with E-state index in [1.54, 1.807) is 6.20 Å². The van der Waals surface area contributed by atoms with Crippen LogP contribution in [-0.2, 0) is 4.79 Å². The Morgan fingerprint density at radius 3 is 2.69 bits per heavy atom. The van der Waals surface area contributed by atoms with Crippen LogP contribution in [0.1, 0.15) is 25.7 Å². The molecule has 1 amide bonds. The number of aromatic nitrogens is 1. The number of anilines is 2. The molecule has 3 heterocycles. The molecule has 0 spiro atoms. The van der Waals surface area contributed by atoms with Crippen molar-refractivity contribution in [3.05, 3.63) is 30.6 Å². The minimum Gasteiger partial charge on any atom is -0.368 e. The number of nitrogens with one attached hydrogen (secondary N) is 1. The van der Waals surface area contributed by atoms with Gasteiger partial charge in [-0.05, 0) is 25.2 Å². The molecule has 0 bridgehead atoms. The summed E-state index contributed by atoms with van der Waals surface area (Å²) in [5.74, 6) is 2.57. The number of carbonyl (C=O) groups is 1. The maximum atomic E-state index is 12.6. The first-order valence-electron chi connectivity index (χ1n) is 10.1. The highest BCUT2D eigenvalue weighted by Crippen LogP contribution is 2.38. The standard InChI is InChI=1S/C22H26N6O/c1-3-4-9-22(25-26-22)10-7-21(29)24-19-5-6-20(17-8-11-23-16-18(17)19)28-14-12-27(2)13-15-28/h1,5-6,8,11,16H,4,7,9-10,12-15H2,2H3,(H,24,29). The molecule has 7 nitrogen and oxygen atoms in total. The highest BCUT2D eigenvalue weighted by atomic mass is 16.1. The van der Waals surface area contributed by atoms with Gasteiger partial charge in [0.05, 0.1) is 5.69 Å². The highest BCUT2D eigenvalue weighted by Gasteiger charge is 2.39. The molecule has 2 aliphatic heterocycles. The van der Waals surface area contributed by atoms with Gasteiger partial charge in [-0.2, -0.15) is 10.2 Å². The molecular weight excluding hydrogens is 364 g/mol. The zero-order valence-electron chi connectivity index (χ0n) is 16.8. The molecule has 0 saturated carbocycles. The molecule has 29 heavy (non-hydrogen) atoms. The first kappa shape index (κ1) is 19.3. The van der Waals surface area contributed by atoms with Crippen LogP contribution in [0.5, 0.6) is 0 Å². The van der Waals surface area contributed by atoms with Gasteiger partial charge >= 0.3 is 0 Å². The Morgan fingerprint density at radius 1 is 1.17 bits per heavy atom. The summed E-state index contributed by atoms with van der Waals surface area (Å²) in [5, 5.41) is 13.3. The van der Waals surface area contributed by atoms with E-state index in [-0.39, 0.29) is 5.91 Å². The average molecular weight is 390 g/mol. The second kappa shape index (κ2) is 8.18. The number of nitrogens with zero attached hydrogens (tertiary/aromatic N) is 5. The molecule has 150 valence electrons. The lowest BCUT2D eigenvalue weighted by molar-refractivity contribution is -0.116. The van der Waals surface area contributed by atoms with E-state index in [1.165, 1.54) is 5.69 Å². The summed E-state index contributed by atoms with van der Waals surface area (Å²) in [6, 6.07) is 6.11. The zero-order valence-corrected chi connectivity index (χ0v) is 16.8. The van der Waals surface area contributed by atoms with Crippen molar-refractivity contribution in [2.45, 2.75) is 31.3 Å². The van der Waals surface area contributed by atoms with Crippen LogP contribution in [0.3, 0.4) is 0 Å². The lowest BCUT2D eigenvalue weighted by atomic mass is 10.0. The Kier molecular flexibility index (Phi) is 5.45. The largest absolute Gasteiger partial charge is 0.368 e. The van der Waals surface area contributed by atoms with E-state index in [0.29, 0.717) is 25.7 Å². The number of hydrogen-bond donors (Lipinski definition) is 1. The molecule has 0 aliphatic carbocycles. The summed E-state index contributed by atoms with van der Waals surface area (Å²) >= 11 is 0. The number of carbonyl (C=O) groups excluding carboxylic acids is 1. The second-order valence-electron chi connectivity index (χ2n) is 7.78. The van der Waals surface area contributed by atoms with Crippen molar-refractivity contribution < 1.29 is 4.79 Å². The molecule has 2 aliphatic rings. The molecular formula is C22H26N6O. The predicted molar refractivity (Wildman–Crippen MR) is 115 cm³/mol. The fourth-order valence-corrected chi connectivity index (χ4v) is 3.80. The fraction of sp³-hybridized carbons (Fsp3) is 0.455. The summed E-state index contributed by atoms with van der Waals surface area (Å²) in [4.78, 5) is 21.6. The molecule has 1 N–H and O–H groups in total. The molecule has 0 radical (unpaired) electrons. The number of amides is 1. The van der Waals surface area contributed by atoms with Crippen LogP contribution in [0.4, 0.5) is 11.4 Å². The summed E-state index contributed by atoms with van der Waals surface area (Å²) in [6.07, 6.45) is 11.2. The number of pyridine rings is 1. The maximum Gasteiger partial charge on any atom is 0.224 e. The van der Waals surface area contributed by atoms with Gasteiger partial charge in [-0.3, -0.25) is 9.78 Å². The van der Waals surface area contributed by atoms with E-state index in [1.807, 2.05) is 18.3 Å². The molecule has 7 heteroatoms. The van der Waals surface area contributed by atoms with Crippen molar-refractivity contribution >= 4 is 28.1 Å². The van der Waals surface area contributed by atoms with E-state index < -0.39 is 5.66 Å². The third-order valence-corrected chi connectivity index (χ3v) is 5.72. The monoisotopic (exact) mass is 390 g/mol. The van der Waals surface area contributed by atoms with Crippen LogP contribution >= 0.6 is 0 Å². The maximum absolute atomic E-state index is 12.6. The molecule has 2 aromatic rings. The van der Waals surface area contributed by atoms with Crippen LogP contribution in [0.2, 0.25) is 0 Å². The molecule has 0 atom stereocenters. The number of benzene rings is 1. The minimum atomic E-state index is -0.432. The van der Waals surface area contributed by atoms with Gasteiger partial charge in [0, 0.05) is 80.7 Å². The molecule has 1 aromatic heterocycles. The van der Waals surface area contributed by atoms with Gasteiger partial charge < -0.3 is 15.1 Å².